The second kappa shape index (κ2) is 9.57. The third kappa shape index (κ3) is 5.46. The van der Waals surface area contributed by atoms with E-state index in [-0.39, 0.29) is 5.95 Å². The summed E-state index contributed by atoms with van der Waals surface area (Å²) in [6, 6.07) is 17.9. The molecular weight excluding hydrogens is 364 g/mol. The van der Waals surface area contributed by atoms with E-state index in [4.69, 9.17) is 16.3 Å². The Labute approximate surface area is 170 Å². The molecule has 0 saturated carbocycles. The first kappa shape index (κ1) is 20.2. The predicted octanol–water partition coefficient (Wildman–Crippen LogP) is 3.11. The van der Waals surface area contributed by atoms with E-state index in [9.17, 15) is 0 Å². The summed E-state index contributed by atoms with van der Waals surface area (Å²) >= 11 is 0. The number of nitrogens with zero attached hydrogens (tertiary/aromatic N) is 4. The number of ether oxygens (including phenoxy) is 1. The molecule has 3 aromatic rings. The Morgan fingerprint density at radius 1 is 1.07 bits per heavy atom. The van der Waals surface area contributed by atoms with Crippen LogP contribution in [0.2, 0.25) is 0 Å². The second-order valence-electron chi connectivity index (χ2n) is 6.60. The minimum Gasteiger partial charge on any atom is -0.380 e. The largest absolute Gasteiger partial charge is 0.380 e. The molecule has 0 unspecified atom stereocenters. The van der Waals surface area contributed by atoms with Crippen LogP contribution in [0.5, 0.6) is 0 Å². The molecule has 0 aliphatic heterocycles. The average Bonchev–Trinajstić information content (AvgIpc) is 2.71. The van der Waals surface area contributed by atoms with Gasteiger partial charge in [0.15, 0.2) is 0 Å². The van der Waals surface area contributed by atoms with Gasteiger partial charge >= 0.3 is 0 Å². The van der Waals surface area contributed by atoms with Crippen LogP contribution in [0.15, 0.2) is 64.7 Å². The van der Waals surface area contributed by atoms with E-state index < -0.39 is 0 Å². The van der Waals surface area contributed by atoms with Gasteiger partial charge in [0, 0.05) is 12.7 Å². The number of aromatic nitrogens is 2. The van der Waals surface area contributed by atoms with E-state index in [0.717, 1.165) is 22.3 Å². The van der Waals surface area contributed by atoms with Crippen LogP contribution in [0, 0.1) is 6.92 Å². The summed E-state index contributed by atoms with van der Waals surface area (Å²) in [5.74, 6) is 5.74. The van der Waals surface area contributed by atoms with Crippen LogP contribution in [0.3, 0.4) is 0 Å². The summed E-state index contributed by atoms with van der Waals surface area (Å²) in [5, 5.41) is 3.83. The predicted molar refractivity (Wildman–Crippen MR) is 117 cm³/mol. The van der Waals surface area contributed by atoms with Crippen molar-refractivity contribution in [2.75, 3.05) is 12.8 Å². The summed E-state index contributed by atoms with van der Waals surface area (Å²) in [6.07, 6.45) is 1.60. The summed E-state index contributed by atoms with van der Waals surface area (Å²) in [6.45, 7) is 3.08. The molecule has 29 heavy (non-hydrogen) atoms. The first-order chi connectivity index (χ1) is 14.1. The van der Waals surface area contributed by atoms with Gasteiger partial charge in [-0.1, -0.05) is 48.0 Å². The van der Waals surface area contributed by atoms with Crippen LogP contribution in [-0.2, 0) is 17.9 Å². The van der Waals surface area contributed by atoms with E-state index in [1.54, 1.807) is 13.3 Å². The first-order valence-electron chi connectivity index (χ1n) is 9.15. The summed E-state index contributed by atoms with van der Waals surface area (Å²) in [5.41, 5.74) is 11.8. The number of hydrazone groups is 1. The molecule has 0 atom stereocenters. The lowest BCUT2D eigenvalue weighted by atomic mass is 10.1. The molecule has 0 fully saturated rings. The minimum absolute atomic E-state index is 0.154. The fraction of sp³-hybridized carbons (Fsp3) is 0.182. The lowest BCUT2D eigenvalue weighted by Crippen LogP contribution is -2.11. The van der Waals surface area contributed by atoms with Crippen LogP contribution in [0.1, 0.15) is 22.4 Å². The van der Waals surface area contributed by atoms with Gasteiger partial charge in [0.05, 0.1) is 30.8 Å². The Bertz CT molecular complexity index is 1040. The maximum atomic E-state index is 5.92. The molecule has 148 valence electrons. The molecule has 0 aliphatic carbocycles. The fourth-order valence-electron chi connectivity index (χ4n) is 2.94. The van der Waals surface area contributed by atoms with Crippen LogP contribution in [0.4, 0.5) is 5.95 Å². The maximum Gasteiger partial charge on any atom is 0.221 e. The quantitative estimate of drug-likeness (QED) is 0.367. The van der Waals surface area contributed by atoms with E-state index in [2.05, 4.69) is 26.1 Å². The lowest BCUT2D eigenvalue weighted by molar-refractivity contribution is 0.185. The highest BCUT2D eigenvalue weighted by atomic mass is 16.5. The summed E-state index contributed by atoms with van der Waals surface area (Å²) < 4.78 is 5.17. The van der Waals surface area contributed by atoms with Gasteiger partial charge in [-0.3, -0.25) is 4.99 Å². The van der Waals surface area contributed by atoms with Gasteiger partial charge < -0.3 is 16.3 Å². The number of aliphatic imine (C=N–C) groups is 1. The molecule has 0 bridgehead atoms. The zero-order chi connectivity index (χ0) is 20.6. The molecule has 0 aliphatic rings. The van der Waals surface area contributed by atoms with Gasteiger partial charge in [0.25, 0.3) is 0 Å². The highest BCUT2D eigenvalue weighted by molar-refractivity contribution is 6.37. The third-order valence-electron chi connectivity index (χ3n) is 4.25. The number of rotatable bonds is 7. The molecule has 1 heterocycles. The number of nitrogens with two attached hydrogens (primary N) is 2. The topological polar surface area (TPSA) is 112 Å². The zero-order valence-corrected chi connectivity index (χ0v) is 16.5. The van der Waals surface area contributed by atoms with Crippen molar-refractivity contribution in [3.8, 4) is 11.3 Å². The highest BCUT2D eigenvalue weighted by Crippen LogP contribution is 2.20. The Hall–Kier alpha value is -3.58. The molecule has 1 aromatic heterocycles. The number of hydrogen-bond donors (Lipinski definition) is 2. The molecule has 3 rings (SSSR count). The number of hydrogen-bond acceptors (Lipinski definition) is 7. The van der Waals surface area contributed by atoms with Crippen molar-refractivity contribution >= 4 is 17.9 Å². The van der Waals surface area contributed by atoms with Gasteiger partial charge in [-0.25, -0.2) is 9.97 Å². The molecular formula is C22H24N6O. The van der Waals surface area contributed by atoms with E-state index >= 15 is 0 Å². The van der Waals surface area contributed by atoms with Gasteiger partial charge in [-0.15, -0.1) is 0 Å². The number of aryl methyl sites for hydroxylation is 1. The standard InChI is InChI=1S/C22H24N6O/c1-15-5-3-8-18(9-15)19-11-20(27-22(23)26-19)21(28-24)13-25-12-16-6-4-7-17(10-16)14-29-2/h3-11,13H,12,14,24H2,1-2H3,(H2,23,26,27). The normalized spacial score (nSPS) is 11.9. The van der Waals surface area contributed by atoms with Crippen LogP contribution >= 0.6 is 0 Å². The van der Waals surface area contributed by atoms with E-state index in [0.29, 0.717) is 30.3 Å². The second-order valence-corrected chi connectivity index (χ2v) is 6.60. The van der Waals surface area contributed by atoms with Crippen molar-refractivity contribution in [1.82, 2.24) is 9.97 Å². The van der Waals surface area contributed by atoms with Crippen LogP contribution < -0.4 is 11.6 Å². The van der Waals surface area contributed by atoms with Crippen molar-refractivity contribution in [2.24, 2.45) is 15.9 Å². The van der Waals surface area contributed by atoms with E-state index in [1.165, 1.54) is 0 Å². The van der Waals surface area contributed by atoms with Crippen molar-refractivity contribution in [3.05, 3.63) is 77.0 Å². The molecule has 4 N–H and O–H groups in total. The summed E-state index contributed by atoms with van der Waals surface area (Å²) in [4.78, 5) is 13.1. The van der Waals surface area contributed by atoms with Crippen molar-refractivity contribution in [2.45, 2.75) is 20.1 Å². The highest BCUT2D eigenvalue weighted by Gasteiger charge is 2.09. The zero-order valence-electron chi connectivity index (χ0n) is 16.5. The van der Waals surface area contributed by atoms with Gasteiger partial charge in [0.1, 0.15) is 5.71 Å². The Morgan fingerprint density at radius 3 is 2.62 bits per heavy atom. The molecule has 7 nitrogen and oxygen atoms in total. The Kier molecular flexibility index (Phi) is 6.65. The SMILES string of the molecule is COCc1cccc(CN=CC(=NN)c2cc(-c3cccc(C)c3)nc(N)n2)c1. The first-order valence-corrected chi connectivity index (χ1v) is 9.15. The number of methoxy groups -OCH3 is 1. The monoisotopic (exact) mass is 388 g/mol. The van der Waals surface area contributed by atoms with E-state index in [1.807, 2.05) is 55.5 Å². The van der Waals surface area contributed by atoms with Gasteiger partial charge in [-0.05, 0) is 30.2 Å². The summed E-state index contributed by atoms with van der Waals surface area (Å²) in [7, 11) is 1.67. The Balaban J connectivity index is 1.81. The molecule has 0 radical (unpaired) electrons. The van der Waals surface area contributed by atoms with Crippen LogP contribution in [-0.4, -0.2) is 29.0 Å². The number of benzene rings is 2. The van der Waals surface area contributed by atoms with Crippen molar-refractivity contribution in [3.63, 3.8) is 0 Å². The molecule has 0 saturated heterocycles. The van der Waals surface area contributed by atoms with Gasteiger partial charge in [-0.2, -0.15) is 5.10 Å². The lowest BCUT2D eigenvalue weighted by Gasteiger charge is -2.07. The molecule has 0 amide bonds. The minimum atomic E-state index is 0.154. The van der Waals surface area contributed by atoms with Crippen LogP contribution in [0.25, 0.3) is 11.3 Å². The number of nitrogen functional groups attached to an aromatic ring is 1. The van der Waals surface area contributed by atoms with Crippen molar-refractivity contribution < 1.29 is 4.74 Å². The Morgan fingerprint density at radius 2 is 1.86 bits per heavy atom. The maximum absolute atomic E-state index is 5.92. The average molecular weight is 388 g/mol. The third-order valence-corrected chi connectivity index (χ3v) is 4.25. The molecule has 0 spiro atoms. The molecule has 7 heteroatoms. The van der Waals surface area contributed by atoms with Crippen molar-refractivity contribution in [1.29, 1.82) is 0 Å². The fourth-order valence-corrected chi connectivity index (χ4v) is 2.94. The number of anilines is 1. The van der Waals surface area contributed by atoms with Gasteiger partial charge in [0.2, 0.25) is 5.95 Å². The molecule has 2 aromatic carbocycles. The smallest absolute Gasteiger partial charge is 0.221 e.